The van der Waals surface area contributed by atoms with Crippen molar-refractivity contribution in [2.45, 2.75) is 6.42 Å². The van der Waals surface area contributed by atoms with Crippen molar-refractivity contribution in [3.8, 4) is 11.7 Å². The number of rotatable bonds is 1. The summed E-state index contributed by atoms with van der Waals surface area (Å²) < 4.78 is 20.3. The van der Waals surface area contributed by atoms with Crippen LogP contribution < -0.4 is 4.74 Å². The van der Waals surface area contributed by atoms with Crippen molar-refractivity contribution in [3.63, 3.8) is 0 Å². The summed E-state index contributed by atoms with van der Waals surface area (Å²) in [5.74, 6) is 0.553. The molecular formula is C12H7ClFN5O. The Balaban J connectivity index is 2.06. The van der Waals surface area contributed by atoms with Crippen LogP contribution in [0.2, 0.25) is 5.15 Å². The monoisotopic (exact) mass is 291 g/mol. The van der Waals surface area contributed by atoms with Gasteiger partial charge in [-0.1, -0.05) is 11.6 Å². The molecule has 0 saturated heterocycles. The molecule has 8 heteroatoms. The van der Waals surface area contributed by atoms with E-state index in [0.29, 0.717) is 30.4 Å². The Hall–Kier alpha value is -2.28. The number of nitrogens with zero attached hydrogens (tertiary/aromatic N) is 5. The quantitative estimate of drug-likeness (QED) is 0.685. The number of hydrogen-bond acceptors (Lipinski definition) is 5. The molecule has 0 fully saturated rings. The standard InChI is InChI=1S/C12H7ClFN5O/c13-9-3-7-10-8(1-2-20-10)19(11(7)18-17-9)12-15-4-6(14)5-16-12/h3-5H,1-2H2. The van der Waals surface area contributed by atoms with Crippen molar-refractivity contribution < 1.29 is 9.13 Å². The lowest BCUT2D eigenvalue weighted by molar-refractivity contribution is 0.360. The third-order valence-electron chi connectivity index (χ3n) is 3.13. The van der Waals surface area contributed by atoms with Gasteiger partial charge in [-0.3, -0.25) is 4.57 Å². The fourth-order valence-electron chi connectivity index (χ4n) is 2.35. The maximum absolute atomic E-state index is 13.0. The molecule has 4 rings (SSSR count). The van der Waals surface area contributed by atoms with E-state index >= 15 is 0 Å². The number of fused-ring (bicyclic) bond motifs is 3. The number of ether oxygens (including phenoxy) is 1. The average Bonchev–Trinajstić information content (AvgIpc) is 3.01. The van der Waals surface area contributed by atoms with Gasteiger partial charge in [0.15, 0.2) is 22.4 Å². The van der Waals surface area contributed by atoms with Gasteiger partial charge in [-0.2, -0.15) is 0 Å². The normalized spacial score (nSPS) is 13.5. The van der Waals surface area contributed by atoms with Gasteiger partial charge in [0.05, 0.1) is 30.1 Å². The van der Waals surface area contributed by atoms with Crippen LogP contribution in [-0.2, 0) is 6.42 Å². The van der Waals surface area contributed by atoms with E-state index in [1.807, 2.05) is 0 Å². The highest BCUT2D eigenvalue weighted by molar-refractivity contribution is 6.30. The molecule has 4 heterocycles. The minimum absolute atomic E-state index is 0.285. The van der Waals surface area contributed by atoms with E-state index in [2.05, 4.69) is 20.2 Å². The van der Waals surface area contributed by atoms with Gasteiger partial charge in [0, 0.05) is 6.42 Å². The van der Waals surface area contributed by atoms with E-state index in [1.54, 1.807) is 10.6 Å². The lowest BCUT2D eigenvalue weighted by atomic mass is 10.3. The van der Waals surface area contributed by atoms with E-state index in [4.69, 9.17) is 16.3 Å². The molecule has 6 nitrogen and oxygen atoms in total. The highest BCUT2D eigenvalue weighted by Gasteiger charge is 2.26. The van der Waals surface area contributed by atoms with Gasteiger partial charge in [0.25, 0.3) is 0 Å². The molecule has 0 aliphatic carbocycles. The molecule has 0 saturated carbocycles. The second-order valence-electron chi connectivity index (χ2n) is 4.32. The summed E-state index contributed by atoms with van der Waals surface area (Å²) in [4.78, 5) is 7.98. The van der Waals surface area contributed by atoms with Crippen molar-refractivity contribution in [1.82, 2.24) is 24.7 Å². The molecule has 0 spiro atoms. The van der Waals surface area contributed by atoms with Gasteiger partial charge in [-0.25, -0.2) is 14.4 Å². The largest absolute Gasteiger partial charge is 0.491 e. The third-order valence-corrected chi connectivity index (χ3v) is 3.31. The highest BCUT2D eigenvalue weighted by Crippen LogP contribution is 2.37. The first-order chi connectivity index (χ1) is 9.74. The number of aromatic nitrogens is 5. The Morgan fingerprint density at radius 3 is 2.85 bits per heavy atom. The van der Waals surface area contributed by atoms with Gasteiger partial charge in [0.2, 0.25) is 5.95 Å². The van der Waals surface area contributed by atoms with Crippen LogP contribution in [0, 0.1) is 5.82 Å². The van der Waals surface area contributed by atoms with Crippen LogP contribution in [0.15, 0.2) is 18.5 Å². The fourth-order valence-corrected chi connectivity index (χ4v) is 2.50. The van der Waals surface area contributed by atoms with Crippen LogP contribution in [0.4, 0.5) is 4.39 Å². The number of hydrogen-bond donors (Lipinski definition) is 0. The first kappa shape index (κ1) is 11.5. The smallest absolute Gasteiger partial charge is 0.235 e. The van der Waals surface area contributed by atoms with Crippen molar-refractivity contribution in [3.05, 3.63) is 35.1 Å². The van der Waals surface area contributed by atoms with Crippen LogP contribution in [0.25, 0.3) is 17.0 Å². The first-order valence-corrected chi connectivity index (χ1v) is 6.29. The van der Waals surface area contributed by atoms with Crippen molar-refractivity contribution in [2.24, 2.45) is 0 Å². The topological polar surface area (TPSA) is 65.7 Å². The van der Waals surface area contributed by atoms with Crippen molar-refractivity contribution in [2.75, 3.05) is 6.61 Å². The van der Waals surface area contributed by atoms with E-state index < -0.39 is 5.82 Å². The molecule has 0 amide bonds. The van der Waals surface area contributed by atoms with Gasteiger partial charge < -0.3 is 4.74 Å². The summed E-state index contributed by atoms with van der Waals surface area (Å²) >= 11 is 5.88. The van der Waals surface area contributed by atoms with E-state index in [9.17, 15) is 4.39 Å². The Bertz CT molecular complexity index is 817. The van der Waals surface area contributed by atoms with Crippen LogP contribution in [0.3, 0.4) is 0 Å². The summed E-state index contributed by atoms with van der Waals surface area (Å²) in [6, 6.07) is 1.69. The Kier molecular flexibility index (Phi) is 2.37. The molecule has 1 aliphatic rings. The molecule has 0 radical (unpaired) electrons. The minimum atomic E-state index is -0.493. The van der Waals surface area contributed by atoms with Gasteiger partial charge >= 0.3 is 0 Å². The van der Waals surface area contributed by atoms with E-state index in [-0.39, 0.29) is 5.15 Å². The van der Waals surface area contributed by atoms with Crippen LogP contribution >= 0.6 is 11.6 Å². The predicted octanol–water partition coefficient (Wildman–Crippen LogP) is 1.94. The second kappa shape index (κ2) is 4.11. The van der Waals surface area contributed by atoms with E-state index in [0.717, 1.165) is 23.5 Å². The summed E-state index contributed by atoms with van der Waals surface area (Å²) in [6.07, 6.45) is 2.92. The molecule has 3 aromatic rings. The Labute approximate surface area is 117 Å². The predicted molar refractivity (Wildman–Crippen MR) is 68.6 cm³/mol. The Morgan fingerprint density at radius 1 is 1.25 bits per heavy atom. The fraction of sp³-hybridized carbons (Fsp3) is 0.167. The van der Waals surface area contributed by atoms with Crippen LogP contribution in [-0.4, -0.2) is 31.3 Å². The summed E-state index contributed by atoms with van der Waals surface area (Å²) in [5, 5.41) is 8.94. The van der Waals surface area contributed by atoms with Crippen molar-refractivity contribution in [1.29, 1.82) is 0 Å². The lowest BCUT2D eigenvalue weighted by Crippen LogP contribution is -2.06. The Morgan fingerprint density at radius 2 is 2.05 bits per heavy atom. The highest BCUT2D eigenvalue weighted by atomic mass is 35.5. The molecule has 0 aromatic carbocycles. The molecule has 0 bridgehead atoms. The van der Waals surface area contributed by atoms with Gasteiger partial charge in [0.1, 0.15) is 0 Å². The molecule has 0 unspecified atom stereocenters. The summed E-state index contributed by atoms with van der Waals surface area (Å²) in [7, 11) is 0. The molecule has 100 valence electrons. The zero-order valence-electron chi connectivity index (χ0n) is 10.0. The third kappa shape index (κ3) is 1.56. The summed E-state index contributed by atoms with van der Waals surface area (Å²) in [5.41, 5.74) is 1.44. The molecule has 0 atom stereocenters. The molecule has 0 N–H and O–H groups in total. The number of halogens is 2. The molecule has 3 aromatic heterocycles. The second-order valence-corrected chi connectivity index (χ2v) is 4.70. The zero-order valence-corrected chi connectivity index (χ0v) is 10.8. The minimum Gasteiger partial charge on any atom is -0.491 e. The van der Waals surface area contributed by atoms with E-state index in [1.165, 1.54) is 0 Å². The first-order valence-electron chi connectivity index (χ1n) is 5.91. The molecular weight excluding hydrogens is 285 g/mol. The maximum Gasteiger partial charge on any atom is 0.235 e. The maximum atomic E-state index is 13.0. The lowest BCUT2D eigenvalue weighted by Gasteiger charge is -2.04. The summed E-state index contributed by atoms with van der Waals surface area (Å²) in [6.45, 7) is 0.571. The zero-order chi connectivity index (χ0) is 13.7. The SMILES string of the molecule is Fc1cnc(-n2c3c(c4cc(Cl)nnc42)OCC3)nc1. The van der Waals surface area contributed by atoms with Gasteiger partial charge in [-0.05, 0) is 6.07 Å². The molecule has 1 aliphatic heterocycles. The van der Waals surface area contributed by atoms with Gasteiger partial charge in [-0.15, -0.1) is 10.2 Å². The average molecular weight is 292 g/mol. The van der Waals surface area contributed by atoms with Crippen LogP contribution in [0.5, 0.6) is 5.75 Å². The van der Waals surface area contributed by atoms with Crippen LogP contribution in [0.1, 0.15) is 5.69 Å². The molecule has 20 heavy (non-hydrogen) atoms. The van der Waals surface area contributed by atoms with Crippen molar-refractivity contribution >= 4 is 22.6 Å².